The fourth-order valence-corrected chi connectivity index (χ4v) is 2.93. The normalized spacial score (nSPS) is 10.5. The number of carbonyl (C=O) groups is 2. The molecule has 0 saturated heterocycles. The number of hydrogen-bond acceptors (Lipinski definition) is 5. The third kappa shape index (κ3) is 3.89. The van der Waals surface area contributed by atoms with Gasteiger partial charge in [-0.15, -0.1) is 0 Å². The van der Waals surface area contributed by atoms with Gasteiger partial charge in [0.2, 0.25) is 0 Å². The Balaban J connectivity index is 1.70. The number of aromatic nitrogens is 2. The Morgan fingerprint density at radius 2 is 1.34 bits per heavy atom. The number of fused-ring (bicyclic) bond motifs is 1. The lowest BCUT2D eigenvalue weighted by Gasteiger charge is -2.11. The molecule has 2 amide bonds. The number of hydrogen-bond donors (Lipinski definition) is 3. The molecule has 7 heteroatoms. The predicted molar refractivity (Wildman–Crippen MR) is 110 cm³/mol. The summed E-state index contributed by atoms with van der Waals surface area (Å²) < 4.78 is 0. The first-order valence-electron chi connectivity index (χ1n) is 8.82. The van der Waals surface area contributed by atoms with Crippen molar-refractivity contribution in [2.24, 2.45) is 0 Å². The van der Waals surface area contributed by atoms with Crippen LogP contribution in [0.2, 0.25) is 0 Å². The number of nitrogens with zero attached hydrogens (tertiary/aromatic N) is 2. The first kappa shape index (κ1) is 18.1. The van der Waals surface area contributed by atoms with E-state index in [-0.39, 0.29) is 17.2 Å². The standard InChI is InChI=1S/C22H16N4O3/c27-18-12-14-6-5-7-15(21(28)25-19-8-1-3-10-23-19)16(14)13-17(18)22(29)26-20-9-2-4-11-24-20/h1-13,27H,(H,23,25,28)(H,24,26,29). The van der Waals surface area contributed by atoms with E-state index in [9.17, 15) is 14.7 Å². The summed E-state index contributed by atoms with van der Waals surface area (Å²) in [4.78, 5) is 33.5. The van der Waals surface area contributed by atoms with Crippen LogP contribution in [0.4, 0.5) is 11.6 Å². The smallest absolute Gasteiger partial charge is 0.260 e. The van der Waals surface area contributed by atoms with Gasteiger partial charge in [-0.3, -0.25) is 9.59 Å². The quantitative estimate of drug-likeness (QED) is 0.496. The summed E-state index contributed by atoms with van der Waals surface area (Å²) in [6.07, 6.45) is 3.13. The maximum Gasteiger partial charge on any atom is 0.260 e. The van der Waals surface area contributed by atoms with Crippen LogP contribution in [0.15, 0.2) is 79.1 Å². The number of amides is 2. The van der Waals surface area contributed by atoms with Crippen LogP contribution in [-0.4, -0.2) is 26.9 Å². The largest absolute Gasteiger partial charge is 0.507 e. The number of pyridine rings is 2. The van der Waals surface area contributed by atoms with Crippen molar-refractivity contribution in [1.29, 1.82) is 0 Å². The number of aromatic hydroxyl groups is 1. The molecule has 0 aliphatic rings. The van der Waals surface area contributed by atoms with Crippen LogP contribution in [-0.2, 0) is 0 Å². The minimum Gasteiger partial charge on any atom is -0.507 e. The van der Waals surface area contributed by atoms with Gasteiger partial charge in [0.05, 0.1) is 5.56 Å². The second-order valence-corrected chi connectivity index (χ2v) is 6.23. The van der Waals surface area contributed by atoms with Gasteiger partial charge in [0, 0.05) is 18.0 Å². The minimum absolute atomic E-state index is 0.0428. The molecule has 142 valence electrons. The Morgan fingerprint density at radius 1 is 0.724 bits per heavy atom. The molecule has 2 aromatic carbocycles. The summed E-state index contributed by atoms with van der Waals surface area (Å²) in [6.45, 7) is 0. The Bertz CT molecular complexity index is 1190. The van der Waals surface area contributed by atoms with E-state index in [4.69, 9.17) is 0 Å². The number of benzene rings is 2. The molecule has 3 N–H and O–H groups in total. The van der Waals surface area contributed by atoms with E-state index in [1.54, 1.807) is 67.0 Å². The SMILES string of the molecule is O=C(Nc1ccccn1)c1cc2c(C(=O)Nc3ccccn3)cccc2cc1O. The van der Waals surface area contributed by atoms with Gasteiger partial charge in [0.15, 0.2) is 0 Å². The number of anilines is 2. The van der Waals surface area contributed by atoms with Crippen LogP contribution in [0.25, 0.3) is 10.8 Å². The van der Waals surface area contributed by atoms with Crippen LogP contribution in [0.3, 0.4) is 0 Å². The third-order valence-corrected chi connectivity index (χ3v) is 4.30. The summed E-state index contributed by atoms with van der Waals surface area (Å²) in [7, 11) is 0. The molecule has 0 aliphatic carbocycles. The van der Waals surface area contributed by atoms with Crippen molar-refractivity contribution in [3.05, 3.63) is 90.3 Å². The van der Waals surface area contributed by atoms with Crippen LogP contribution in [0.5, 0.6) is 5.75 Å². The second-order valence-electron chi connectivity index (χ2n) is 6.23. The average Bonchev–Trinajstić information content (AvgIpc) is 2.74. The van der Waals surface area contributed by atoms with E-state index >= 15 is 0 Å². The van der Waals surface area contributed by atoms with E-state index in [0.717, 1.165) is 0 Å². The van der Waals surface area contributed by atoms with Crippen LogP contribution in [0.1, 0.15) is 20.7 Å². The highest BCUT2D eigenvalue weighted by atomic mass is 16.3. The maximum atomic E-state index is 12.8. The fraction of sp³-hybridized carbons (Fsp3) is 0. The Morgan fingerprint density at radius 3 is 1.93 bits per heavy atom. The lowest BCUT2D eigenvalue weighted by Crippen LogP contribution is -2.15. The lowest BCUT2D eigenvalue weighted by molar-refractivity contribution is 0.101. The van der Waals surface area contributed by atoms with Gasteiger partial charge in [0.1, 0.15) is 17.4 Å². The third-order valence-electron chi connectivity index (χ3n) is 4.30. The molecule has 4 aromatic rings. The summed E-state index contributed by atoms with van der Waals surface area (Å²) in [5.74, 6) is -0.299. The topological polar surface area (TPSA) is 104 Å². The molecule has 0 unspecified atom stereocenters. The zero-order chi connectivity index (χ0) is 20.2. The van der Waals surface area contributed by atoms with E-state index in [2.05, 4.69) is 20.6 Å². The van der Waals surface area contributed by atoms with E-state index < -0.39 is 5.91 Å². The highest BCUT2D eigenvalue weighted by Crippen LogP contribution is 2.28. The molecule has 0 radical (unpaired) electrons. The Labute approximate surface area is 166 Å². The molecule has 0 aliphatic heterocycles. The number of phenols is 1. The summed E-state index contributed by atoms with van der Waals surface area (Å²) in [5, 5.41) is 16.9. The van der Waals surface area contributed by atoms with Gasteiger partial charge in [-0.25, -0.2) is 9.97 Å². The van der Waals surface area contributed by atoms with Crippen LogP contribution >= 0.6 is 0 Å². The predicted octanol–water partition coefficient (Wildman–Crippen LogP) is 3.84. The number of phenolic OH excluding ortho intramolecular Hbond substituents is 1. The Hall–Kier alpha value is -4.26. The maximum absolute atomic E-state index is 12.8. The van der Waals surface area contributed by atoms with Crippen molar-refractivity contribution in [2.45, 2.75) is 0 Å². The second kappa shape index (κ2) is 7.77. The Kier molecular flexibility index (Phi) is 4.86. The zero-order valence-corrected chi connectivity index (χ0v) is 15.2. The van der Waals surface area contributed by atoms with Gasteiger partial charge in [-0.05, 0) is 53.2 Å². The molecule has 4 rings (SSSR count). The van der Waals surface area contributed by atoms with Gasteiger partial charge >= 0.3 is 0 Å². The minimum atomic E-state index is -0.525. The van der Waals surface area contributed by atoms with Gasteiger partial charge in [-0.1, -0.05) is 24.3 Å². The van der Waals surface area contributed by atoms with E-state index in [1.165, 1.54) is 12.1 Å². The van der Waals surface area contributed by atoms with Crippen molar-refractivity contribution >= 4 is 34.2 Å². The van der Waals surface area contributed by atoms with Crippen molar-refractivity contribution in [1.82, 2.24) is 9.97 Å². The molecule has 0 spiro atoms. The molecule has 0 saturated carbocycles. The fourth-order valence-electron chi connectivity index (χ4n) is 2.93. The summed E-state index contributed by atoms with van der Waals surface area (Å²) >= 11 is 0. The first-order valence-corrected chi connectivity index (χ1v) is 8.82. The van der Waals surface area contributed by atoms with E-state index in [0.29, 0.717) is 28.0 Å². The number of nitrogens with one attached hydrogen (secondary N) is 2. The molecule has 0 fully saturated rings. The van der Waals surface area contributed by atoms with Gasteiger partial charge < -0.3 is 15.7 Å². The average molecular weight is 384 g/mol. The van der Waals surface area contributed by atoms with Crippen molar-refractivity contribution in [3.63, 3.8) is 0 Å². The summed E-state index contributed by atoms with van der Waals surface area (Å²) in [5.41, 5.74) is 0.404. The van der Waals surface area contributed by atoms with E-state index in [1.807, 2.05) is 0 Å². The lowest BCUT2D eigenvalue weighted by atomic mass is 10.00. The molecular formula is C22H16N4O3. The molecule has 2 heterocycles. The first-order chi connectivity index (χ1) is 14.1. The van der Waals surface area contributed by atoms with Gasteiger partial charge in [-0.2, -0.15) is 0 Å². The molecule has 2 aromatic heterocycles. The van der Waals surface area contributed by atoms with Crippen LogP contribution in [0, 0.1) is 0 Å². The molecule has 7 nitrogen and oxygen atoms in total. The van der Waals surface area contributed by atoms with Crippen molar-refractivity contribution in [3.8, 4) is 5.75 Å². The molecular weight excluding hydrogens is 368 g/mol. The van der Waals surface area contributed by atoms with Crippen molar-refractivity contribution < 1.29 is 14.7 Å². The summed E-state index contributed by atoms with van der Waals surface area (Å²) in [6, 6.07) is 18.4. The van der Waals surface area contributed by atoms with Crippen molar-refractivity contribution in [2.75, 3.05) is 10.6 Å². The number of carbonyl (C=O) groups excluding carboxylic acids is 2. The molecule has 29 heavy (non-hydrogen) atoms. The highest BCUT2D eigenvalue weighted by molar-refractivity contribution is 6.15. The molecule has 0 bridgehead atoms. The zero-order valence-electron chi connectivity index (χ0n) is 15.2. The highest BCUT2D eigenvalue weighted by Gasteiger charge is 2.17. The number of rotatable bonds is 4. The molecule has 0 atom stereocenters. The van der Waals surface area contributed by atoms with Crippen LogP contribution < -0.4 is 10.6 Å². The monoisotopic (exact) mass is 384 g/mol. The van der Waals surface area contributed by atoms with Gasteiger partial charge in [0.25, 0.3) is 11.8 Å².